The van der Waals surface area contributed by atoms with Crippen LogP contribution in [0, 0.1) is 0 Å². The molecule has 2 aromatic rings. The molecular formula is C35H45Cl2N5O10. The lowest BCUT2D eigenvalue weighted by atomic mass is 9.83. The maximum atomic E-state index is 13.1. The molecule has 2 heterocycles. The van der Waals surface area contributed by atoms with Crippen molar-refractivity contribution in [2.75, 3.05) is 53.4 Å². The smallest absolute Gasteiger partial charge is 0.336 e. The first kappa shape index (κ1) is 42.0. The van der Waals surface area contributed by atoms with Crippen LogP contribution in [0.2, 0.25) is 10.0 Å². The Hall–Kier alpha value is -4.44. The van der Waals surface area contributed by atoms with Gasteiger partial charge in [0.25, 0.3) is 5.91 Å². The van der Waals surface area contributed by atoms with Crippen molar-refractivity contribution in [2.45, 2.75) is 55.6 Å². The van der Waals surface area contributed by atoms with Gasteiger partial charge in [0.1, 0.15) is 5.54 Å². The number of likely N-dealkylation sites (N-methyl/N-ethyl adjacent to an activating group) is 2. The van der Waals surface area contributed by atoms with Gasteiger partial charge in [0.15, 0.2) is 5.60 Å². The molecule has 4 amide bonds. The maximum absolute atomic E-state index is 13.1. The van der Waals surface area contributed by atoms with Crippen LogP contribution in [0.4, 0.5) is 4.79 Å². The number of nitrogens with one attached hydrogen (secondary N) is 2. The summed E-state index contributed by atoms with van der Waals surface area (Å²) in [4.78, 5) is 75.1. The number of nitrogens with zero attached hydrogens (tertiary/aromatic N) is 3. The number of hydrogen-bond donors (Lipinski definition) is 6. The Labute approximate surface area is 311 Å². The lowest BCUT2D eigenvalue weighted by Gasteiger charge is -2.48. The quantitative estimate of drug-likeness (QED) is 0.164. The lowest BCUT2D eigenvalue weighted by molar-refractivity contribution is -0.170. The van der Waals surface area contributed by atoms with Crippen LogP contribution < -0.4 is 10.6 Å². The Morgan fingerprint density at radius 3 is 2.10 bits per heavy atom. The number of carboxylic acid groups (broad SMARTS) is 3. The number of urea groups is 1. The Morgan fingerprint density at radius 1 is 0.962 bits per heavy atom. The minimum absolute atomic E-state index is 0.0335. The number of amides is 4. The van der Waals surface area contributed by atoms with Crippen molar-refractivity contribution < 1.29 is 49.2 Å². The molecule has 284 valence electrons. The van der Waals surface area contributed by atoms with Gasteiger partial charge >= 0.3 is 23.9 Å². The second kappa shape index (κ2) is 18.9. The monoisotopic (exact) mass is 765 g/mol. The Balaban J connectivity index is 0.000000478. The van der Waals surface area contributed by atoms with Crippen LogP contribution in [0.15, 0.2) is 48.5 Å². The third kappa shape index (κ3) is 11.0. The molecule has 6 N–H and O–H groups in total. The molecule has 0 bridgehead atoms. The standard InChI is InChI=1S/C29H37Cl2N5O3.C6H8O7/c1-32-27(38)29(36-15-6-14-33-28(36)39)12-17-35(18-13-29)16-11-23(22-9-10-24(30)25(31)19-22)20-34(2)26(37)21-7-4-3-5-8-21;7-3(8)1-6(13,5(11)12)2-4(9)10/h3-5,7-10,19,23H,6,11-18,20H2,1-2H3,(H,32,38)(H,33,39);13H,1-2H2,(H,7,8)(H,9,10)(H,11,12)/t23-;/m1./s1. The summed E-state index contributed by atoms with van der Waals surface area (Å²) in [6.07, 6.45) is 0.480. The second-order valence-electron chi connectivity index (χ2n) is 12.9. The molecule has 0 radical (unpaired) electrons. The van der Waals surface area contributed by atoms with Gasteiger partial charge in [0.2, 0.25) is 5.91 Å². The van der Waals surface area contributed by atoms with Crippen LogP contribution in [0.3, 0.4) is 0 Å². The van der Waals surface area contributed by atoms with Crippen LogP contribution >= 0.6 is 23.2 Å². The number of rotatable bonds is 14. The second-order valence-corrected chi connectivity index (χ2v) is 13.7. The largest absolute Gasteiger partial charge is 0.481 e. The number of hydrogen-bond acceptors (Lipinski definition) is 8. The van der Waals surface area contributed by atoms with E-state index in [1.165, 1.54) is 0 Å². The summed E-state index contributed by atoms with van der Waals surface area (Å²) >= 11 is 12.6. The molecule has 17 heteroatoms. The molecule has 2 aliphatic rings. The first-order valence-electron chi connectivity index (χ1n) is 16.7. The van der Waals surface area contributed by atoms with Crippen molar-refractivity contribution in [1.82, 2.24) is 25.3 Å². The molecule has 0 aromatic heterocycles. The highest BCUT2D eigenvalue weighted by Gasteiger charge is 2.48. The number of carboxylic acids is 3. The highest BCUT2D eigenvalue weighted by Crippen LogP contribution is 2.33. The van der Waals surface area contributed by atoms with Gasteiger partial charge in [-0.25, -0.2) is 9.59 Å². The fourth-order valence-electron chi connectivity index (χ4n) is 6.43. The molecule has 0 aliphatic carbocycles. The van der Waals surface area contributed by atoms with E-state index in [2.05, 4.69) is 15.5 Å². The molecular weight excluding hydrogens is 721 g/mol. The fraction of sp³-hybridized carbons (Fsp3) is 0.486. The Morgan fingerprint density at radius 2 is 1.58 bits per heavy atom. The van der Waals surface area contributed by atoms with Crippen molar-refractivity contribution in [1.29, 1.82) is 0 Å². The van der Waals surface area contributed by atoms with Gasteiger partial charge in [-0.05, 0) is 62.1 Å². The van der Waals surface area contributed by atoms with Gasteiger partial charge in [0.05, 0.1) is 22.9 Å². The van der Waals surface area contributed by atoms with Gasteiger partial charge in [0, 0.05) is 58.3 Å². The van der Waals surface area contributed by atoms with E-state index in [9.17, 15) is 28.8 Å². The molecule has 0 unspecified atom stereocenters. The molecule has 2 saturated heterocycles. The van der Waals surface area contributed by atoms with E-state index in [1.54, 1.807) is 22.9 Å². The van der Waals surface area contributed by atoms with E-state index in [0.29, 0.717) is 61.2 Å². The first-order chi connectivity index (χ1) is 24.5. The number of likely N-dealkylation sites (tertiary alicyclic amines) is 1. The topological polar surface area (TPSA) is 217 Å². The van der Waals surface area contributed by atoms with E-state index in [4.69, 9.17) is 43.6 Å². The summed E-state index contributed by atoms with van der Waals surface area (Å²) in [7, 11) is 3.45. The summed E-state index contributed by atoms with van der Waals surface area (Å²) in [5.74, 6) is -5.12. The number of benzene rings is 2. The molecule has 4 rings (SSSR count). The number of aliphatic carboxylic acids is 3. The zero-order valence-corrected chi connectivity index (χ0v) is 30.5. The first-order valence-corrected chi connectivity index (χ1v) is 17.4. The van der Waals surface area contributed by atoms with E-state index in [1.807, 2.05) is 49.5 Å². The zero-order valence-electron chi connectivity index (χ0n) is 29.0. The number of carbonyl (C=O) groups excluding carboxylic acids is 3. The summed E-state index contributed by atoms with van der Waals surface area (Å²) < 4.78 is 0. The number of piperidine rings is 1. The number of halogens is 2. The van der Waals surface area contributed by atoms with Crippen molar-refractivity contribution >= 4 is 59.0 Å². The fourth-order valence-corrected chi connectivity index (χ4v) is 6.74. The van der Waals surface area contributed by atoms with Crippen LogP contribution in [-0.4, -0.2) is 135 Å². The minimum atomic E-state index is -2.74. The van der Waals surface area contributed by atoms with Crippen LogP contribution in [0.5, 0.6) is 0 Å². The van der Waals surface area contributed by atoms with Gasteiger partial charge in [-0.3, -0.25) is 19.2 Å². The average molecular weight is 767 g/mol. The van der Waals surface area contributed by atoms with Crippen molar-refractivity contribution in [2.24, 2.45) is 0 Å². The molecule has 2 aliphatic heterocycles. The highest BCUT2D eigenvalue weighted by molar-refractivity contribution is 6.42. The molecule has 2 aromatic carbocycles. The Kier molecular flexibility index (Phi) is 15.2. The summed E-state index contributed by atoms with van der Waals surface area (Å²) in [5.41, 5.74) is -1.89. The van der Waals surface area contributed by atoms with E-state index < -0.39 is 41.9 Å². The predicted molar refractivity (Wildman–Crippen MR) is 192 cm³/mol. The van der Waals surface area contributed by atoms with E-state index in [0.717, 1.165) is 24.9 Å². The van der Waals surface area contributed by atoms with Gasteiger partial charge in [-0.15, -0.1) is 0 Å². The zero-order chi connectivity index (χ0) is 38.6. The third-order valence-electron chi connectivity index (χ3n) is 9.29. The minimum Gasteiger partial charge on any atom is -0.481 e. The van der Waals surface area contributed by atoms with Crippen molar-refractivity contribution in [3.8, 4) is 0 Å². The molecule has 0 spiro atoms. The van der Waals surface area contributed by atoms with Gasteiger partial charge in [-0.1, -0.05) is 47.5 Å². The van der Waals surface area contributed by atoms with E-state index in [-0.39, 0.29) is 23.8 Å². The number of carbonyl (C=O) groups is 6. The number of aliphatic hydroxyl groups is 1. The van der Waals surface area contributed by atoms with E-state index >= 15 is 0 Å². The SMILES string of the molecule is CNC(=O)C1(N2CCCNC2=O)CCN(CC[C@H](CN(C)C(=O)c2ccccc2)c2ccc(Cl)c(Cl)c2)CC1.O=C(O)CC(O)(CC(=O)O)C(=O)O. The van der Waals surface area contributed by atoms with Gasteiger partial charge in [-0.2, -0.15) is 0 Å². The molecule has 0 saturated carbocycles. The van der Waals surface area contributed by atoms with Crippen molar-refractivity contribution in [3.05, 3.63) is 69.7 Å². The maximum Gasteiger partial charge on any atom is 0.336 e. The molecule has 1 atom stereocenters. The summed E-state index contributed by atoms with van der Waals surface area (Å²) in [6.45, 7) is 3.93. The highest BCUT2D eigenvalue weighted by atomic mass is 35.5. The molecule has 52 heavy (non-hydrogen) atoms. The van der Waals surface area contributed by atoms with Crippen molar-refractivity contribution in [3.63, 3.8) is 0 Å². The lowest BCUT2D eigenvalue weighted by Crippen LogP contribution is -2.67. The molecule has 2 fully saturated rings. The van der Waals surface area contributed by atoms with Crippen LogP contribution in [0.1, 0.15) is 60.4 Å². The van der Waals surface area contributed by atoms with Gasteiger partial charge < -0.3 is 45.8 Å². The normalized spacial score (nSPS) is 16.4. The predicted octanol–water partition coefficient (Wildman–Crippen LogP) is 2.99. The third-order valence-corrected chi connectivity index (χ3v) is 10.0. The van der Waals surface area contributed by atoms with Crippen LogP contribution in [0.25, 0.3) is 0 Å². The summed E-state index contributed by atoms with van der Waals surface area (Å²) in [6, 6.07) is 14.8. The average Bonchev–Trinajstić information content (AvgIpc) is 3.11. The molecule has 15 nitrogen and oxygen atoms in total. The Bertz CT molecular complexity index is 1590. The summed E-state index contributed by atoms with van der Waals surface area (Å²) in [5, 5.41) is 40.5. The van der Waals surface area contributed by atoms with Crippen LogP contribution in [-0.2, 0) is 19.2 Å².